The number of carbonyl (C=O) groups is 1. The number of rotatable bonds is 9. The van der Waals surface area contributed by atoms with Gasteiger partial charge in [0.25, 0.3) is 5.91 Å². The van der Waals surface area contributed by atoms with Gasteiger partial charge in [-0.25, -0.2) is 8.42 Å². The number of nitrogens with zero attached hydrogens (tertiary/aromatic N) is 1. The molecular formula is C20H31ClN2O3S. The van der Waals surface area contributed by atoms with Gasteiger partial charge >= 0.3 is 0 Å². The summed E-state index contributed by atoms with van der Waals surface area (Å²) >= 11 is 6.19. The van der Waals surface area contributed by atoms with Crippen LogP contribution in [0.1, 0.15) is 69.2 Å². The summed E-state index contributed by atoms with van der Waals surface area (Å²) in [6.45, 7) is 5.91. The lowest BCUT2D eigenvalue weighted by Gasteiger charge is -2.26. The van der Waals surface area contributed by atoms with Gasteiger partial charge in [-0.3, -0.25) is 4.79 Å². The lowest BCUT2D eigenvalue weighted by molar-refractivity contribution is 0.0945. The molecule has 1 aliphatic heterocycles. The first-order valence-corrected chi connectivity index (χ1v) is 11.8. The summed E-state index contributed by atoms with van der Waals surface area (Å²) in [5.74, 6) is 0.110. The highest BCUT2D eigenvalue weighted by atomic mass is 35.5. The predicted octanol–water partition coefficient (Wildman–Crippen LogP) is 4.46. The van der Waals surface area contributed by atoms with Crippen LogP contribution in [-0.2, 0) is 10.0 Å². The maximum atomic E-state index is 12.9. The van der Waals surface area contributed by atoms with Crippen molar-refractivity contribution in [3.8, 4) is 0 Å². The molecule has 1 aromatic carbocycles. The van der Waals surface area contributed by atoms with Crippen molar-refractivity contribution >= 4 is 27.5 Å². The van der Waals surface area contributed by atoms with E-state index < -0.39 is 10.0 Å². The molecule has 1 aromatic rings. The van der Waals surface area contributed by atoms with Crippen molar-refractivity contribution in [2.45, 2.75) is 63.7 Å². The lowest BCUT2D eigenvalue weighted by atomic mass is 9.99. The Labute approximate surface area is 168 Å². The fraction of sp³-hybridized carbons (Fsp3) is 0.650. The summed E-state index contributed by atoms with van der Waals surface area (Å²) in [4.78, 5) is 12.7. The first kappa shape index (κ1) is 22.2. The zero-order valence-electron chi connectivity index (χ0n) is 16.3. The van der Waals surface area contributed by atoms with Gasteiger partial charge in [-0.15, -0.1) is 0 Å². The van der Waals surface area contributed by atoms with Gasteiger partial charge in [-0.2, -0.15) is 4.31 Å². The molecule has 0 unspecified atom stereocenters. The molecule has 5 nitrogen and oxygen atoms in total. The molecule has 1 amide bonds. The smallest absolute Gasteiger partial charge is 0.252 e. The van der Waals surface area contributed by atoms with Crippen molar-refractivity contribution in [2.75, 3.05) is 19.6 Å². The lowest BCUT2D eigenvalue weighted by Crippen LogP contribution is -2.36. The molecule has 0 bridgehead atoms. The average molecular weight is 415 g/mol. The Kier molecular flexibility index (Phi) is 8.58. The summed E-state index contributed by atoms with van der Waals surface area (Å²) in [6, 6.07) is 4.40. The van der Waals surface area contributed by atoms with E-state index in [1.165, 1.54) is 22.5 Å². The quantitative estimate of drug-likeness (QED) is 0.648. The summed E-state index contributed by atoms with van der Waals surface area (Å²) in [5, 5.41) is 3.20. The third kappa shape index (κ3) is 5.93. The molecule has 0 saturated carbocycles. The molecule has 0 aliphatic carbocycles. The summed E-state index contributed by atoms with van der Waals surface area (Å²) in [7, 11) is -3.59. The second-order valence-electron chi connectivity index (χ2n) is 7.23. The standard InChI is InChI=1S/C20H31ClN2O3S/c1-3-5-9-16(4-2)15-22-20(24)18-14-17(10-11-19(18)21)27(25,26)23-12-7-6-8-13-23/h10-11,14,16H,3-9,12-13,15H2,1-2H3,(H,22,24)/t16-/m0/s1. The van der Waals surface area contributed by atoms with E-state index in [1.807, 2.05) is 0 Å². The monoisotopic (exact) mass is 414 g/mol. The number of nitrogens with one attached hydrogen (secondary N) is 1. The first-order chi connectivity index (χ1) is 12.9. The number of benzene rings is 1. The van der Waals surface area contributed by atoms with Crippen molar-refractivity contribution in [3.63, 3.8) is 0 Å². The van der Waals surface area contributed by atoms with Gasteiger partial charge in [0.15, 0.2) is 0 Å². The number of hydrogen-bond acceptors (Lipinski definition) is 3. The Bertz CT molecular complexity index is 731. The topological polar surface area (TPSA) is 66.5 Å². The Morgan fingerprint density at radius 3 is 2.56 bits per heavy atom. The van der Waals surface area contributed by atoms with E-state index >= 15 is 0 Å². The molecular weight excluding hydrogens is 384 g/mol. The van der Waals surface area contributed by atoms with Crippen LogP contribution in [0, 0.1) is 5.92 Å². The number of hydrogen-bond donors (Lipinski definition) is 1. The van der Waals surface area contributed by atoms with Crippen LogP contribution in [0.2, 0.25) is 5.02 Å². The van der Waals surface area contributed by atoms with Crippen molar-refractivity contribution in [2.24, 2.45) is 5.92 Å². The molecule has 27 heavy (non-hydrogen) atoms. The van der Waals surface area contributed by atoms with Crippen LogP contribution in [0.5, 0.6) is 0 Å². The summed E-state index contributed by atoms with van der Waals surface area (Å²) in [5.41, 5.74) is 0.222. The highest BCUT2D eigenvalue weighted by Crippen LogP contribution is 2.25. The highest BCUT2D eigenvalue weighted by molar-refractivity contribution is 7.89. The Morgan fingerprint density at radius 2 is 1.93 bits per heavy atom. The van der Waals surface area contributed by atoms with E-state index in [0.717, 1.165) is 44.9 Å². The van der Waals surface area contributed by atoms with Crippen molar-refractivity contribution in [1.29, 1.82) is 0 Å². The maximum Gasteiger partial charge on any atom is 0.252 e. The molecule has 1 atom stereocenters. The van der Waals surface area contributed by atoms with Gasteiger partial charge in [0.1, 0.15) is 0 Å². The fourth-order valence-corrected chi connectivity index (χ4v) is 5.12. The number of halogens is 1. The largest absolute Gasteiger partial charge is 0.352 e. The van der Waals surface area contributed by atoms with Gasteiger partial charge in [0.2, 0.25) is 10.0 Å². The van der Waals surface area contributed by atoms with E-state index in [2.05, 4.69) is 19.2 Å². The number of piperidine rings is 1. The first-order valence-electron chi connectivity index (χ1n) is 9.98. The number of unbranched alkanes of at least 4 members (excludes halogenated alkanes) is 1. The third-order valence-electron chi connectivity index (χ3n) is 5.23. The molecule has 152 valence electrons. The Balaban J connectivity index is 2.12. The average Bonchev–Trinajstić information content (AvgIpc) is 2.68. The van der Waals surface area contributed by atoms with E-state index in [1.54, 1.807) is 0 Å². The summed E-state index contributed by atoms with van der Waals surface area (Å²) in [6.07, 6.45) is 7.14. The van der Waals surface area contributed by atoms with Gasteiger partial charge in [0.05, 0.1) is 15.5 Å². The number of amides is 1. The second-order valence-corrected chi connectivity index (χ2v) is 9.58. The summed E-state index contributed by atoms with van der Waals surface area (Å²) < 4.78 is 27.2. The van der Waals surface area contributed by atoms with Gasteiger partial charge in [0, 0.05) is 19.6 Å². The zero-order chi connectivity index (χ0) is 19.9. The molecule has 1 N–H and O–H groups in total. The second kappa shape index (κ2) is 10.4. The molecule has 1 aliphatic rings. The highest BCUT2D eigenvalue weighted by Gasteiger charge is 2.27. The van der Waals surface area contributed by atoms with Gasteiger partial charge < -0.3 is 5.32 Å². The fourth-order valence-electron chi connectivity index (χ4n) is 3.37. The minimum absolute atomic E-state index is 0.136. The number of sulfonamides is 1. The molecule has 1 heterocycles. The van der Waals surface area contributed by atoms with Crippen molar-refractivity contribution in [1.82, 2.24) is 9.62 Å². The number of carbonyl (C=O) groups excluding carboxylic acids is 1. The molecule has 1 fully saturated rings. The van der Waals surface area contributed by atoms with E-state index in [4.69, 9.17) is 11.6 Å². The minimum atomic E-state index is -3.59. The third-order valence-corrected chi connectivity index (χ3v) is 7.45. The van der Waals surface area contributed by atoms with Crippen LogP contribution >= 0.6 is 11.6 Å². The molecule has 0 radical (unpaired) electrons. The SMILES string of the molecule is CCCC[C@H](CC)CNC(=O)c1cc(S(=O)(=O)N2CCCCC2)ccc1Cl. The van der Waals surface area contributed by atoms with E-state index in [0.29, 0.717) is 25.6 Å². The Hall–Kier alpha value is -1.11. The van der Waals surface area contributed by atoms with Crippen molar-refractivity contribution in [3.05, 3.63) is 28.8 Å². The molecule has 7 heteroatoms. The predicted molar refractivity (Wildman–Crippen MR) is 110 cm³/mol. The maximum absolute atomic E-state index is 12.9. The van der Waals surface area contributed by atoms with Crippen LogP contribution in [0.25, 0.3) is 0 Å². The van der Waals surface area contributed by atoms with E-state index in [9.17, 15) is 13.2 Å². The van der Waals surface area contributed by atoms with Gasteiger partial charge in [-0.1, -0.05) is 51.1 Å². The zero-order valence-corrected chi connectivity index (χ0v) is 17.9. The normalized spacial score (nSPS) is 16.9. The van der Waals surface area contributed by atoms with Crippen LogP contribution in [0.4, 0.5) is 0 Å². The van der Waals surface area contributed by atoms with Crippen LogP contribution in [0.3, 0.4) is 0 Å². The van der Waals surface area contributed by atoms with Crippen LogP contribution in [0.15, 0.2) is 23.1 Å². The van der Waals surface area contributed by atoms with Gasteiger partial charge in [-0.05, 0) is 43.4 Å². The van der Waals surface area contributed by atoms with Crippen LogP contribution < -0.4 is 5.32 Å². The molecule has 0 aromatic heterocycles. The minimum Gasteiger partial charge on any atom is -0.352 e. The van der Waals surface area contributed by atoms with Crippen LogP contribution in [-0.4, -0.2) is 38.3 Å². The Morgan fingerprint density at radius 1 is 1.22 bits per heavy atom. The van der Waals surface area contributed by atoms with Crippen molar-refractivity contribution < 1.29 is 13.2 Å². The molecule has 2 rings (SSSR count). The molecule has 0 spiro atoms. The molecule has 1 saturated heterocycles. The van der Waals surface area contributed by atoms with E-state index in [-0.39, 0.29) is 21.4 Å².